The van der Waals surface area contributed by atoms with Crippen LogP contribution in [0.5, 0.6) is 5.75 Å². The summed E-state index contributed by atoms with van der Waals surface area (Å²) < 4.78 is 5.76. The second kappa shape index (κ2) is 9.18. The molecular weight excluding hydrogens is 288 g/mol. The maximum absolute atomic E-state index is 10.4. The van der Waals surface area contributed by atoms with Crippen LogP contribution in [0, 0.1) is 0 Å². The molecule has 1 unspecified atom stereocenters. The number of anilines is 1. The molecule has 21 heavy (non-hydrogen) atoms. The first kappa shape index (κ1) is 17.2. The van der Waals surface area contributed by atoms with Gasteiger partial charge in [-0.2, -0.15) is 0 Å². The number of carbonyl (C=O) groups is 1. The summed E-state index contributed by atoms with van der Waals surface area (Å²) in [4.78, 5) is 10.4. The van der Waals surface area contributed by atoms with Crippen LogP contribution in [0.15, 0.2) is 24.3 Å². The Morgan fingerprint density at radius 2 is 2.05 bits per heavy atom. The molecule has 1 aromatic rings. The second-order valence-electron chi connectivity index (χ2n) is 4.77. The largest absolute Gasteiger partial charge is 0.491 e. The highest BCUT2D eigenvalue weighted by atomic mass is 32.1. The van der Waals surface area contributed by atoms with Gasteiger partial charge in [0, 0.05) is 12.2 Å². The van der Waals surface area contributed by atoms with Gasteiger partial charge in [0.05, 0.1) is 12.5 Å². The lowest BCUT2D eigenvalue weighted by Crippen LogP contribution is -2.30. The molecule has 0 saturated heterocycles. The van der Waals surface area contributed by atoms with E-state index in [0.717, 1.165) is 24.3 Å². The van der Waals surface area contributed by atoms with Crippen LogP contribution in [0.4, 0.5) is 5.69 Å². The minimum absolute atomic E-state index is 0.0317. The summed E-state index contributed by atoms with van der Waals surface area (Å²) in [5.41, 5.74) is 0.832. The number of hydrogen-bond acceptors (Lipinski definition) is 3. The van der Waals surface area contributed by atoms with E-state index in [1.54, 1.807) is 0 Å². The summed E-state index contributed by atoms with van der Waals surface area (Å²) in [5.74, 6) is -0.0285. The van der Waals surface area contributed by atoms with Gasteiger partial charge in [-0.15, -0.1) is 0 Å². The molecule has 0 aliphatic heterocycles. The van der Waals surface area contributed by atoms with Gasteiger partial charge in [-0.3, -0.25) is 4.79 Å². The molecule has 0 bridgehead atoms. The Hall–Kier alpha value is -1.82. The smallest absolute Gasteiger partial charge is 0.305 e. The lowest BCUT2D eigenvalue weighted by molar-refractivity contribution is -0.136. The molecule has 0 aliphatic rings. The van der Waals surface area contributed by atoms with E-state index in [2.05, 4.69) is 24.5 Å². The van der Waals surface area contributed by atoms with Gasteiger partial charge in [0.1, 0.15) is 5.75 Å². The predicted molar refractivity (Wildman–Crippen MR) is 87.9 cm³/mol. The van der Waals surface area contributed by atoms with Crippen LogP contribution in [0.25, 0.3) is 0 Å². The number of carboxylic acids is 1. The molecule has 3 N–H and O–H groups in total. The van der Waals surface area contributed by atoms with E-state index in [4.69, 9.17) is 22.1 Å². The van der Waals surface area contributed by atoms with Gasteiger partial charge in [-0.1, -0.05) is 13.3 Å². The van der Waals surface area contributed by atoms with Crippen LogP contribution in [0.2, 0.25) is 0 Å². The number of benzene rings is 1. The lowest BCUT2D eigenvalue weighted by atomic mass is 10.2. The summed E-state index contributed by atoms with van der Waals surface area (Å²) in [7, 11) is 0. The molecular formula is C15H22N2O3S. The van der Waals surface area contributed by atoms with Gasteiger partial charge in [0.25, 0.3) is 0 Å². The van der Waals surface area contributed by atoms with E-state index in [-0.39, 0.29) is 12.5 Å². The average molecular weight is 310 g/mol. The van der Waals surface area contributed by atoms with Crippen molar-refractivity contribution in [2.45, 2.75) is 39.2 Å². The van der Waals surface area contributed by atoms with Crippen molar-refractivity contribution in [3.8, 4) is 5.75 Å². The summed E-state index contributed by atoms with van der Waals surface area (Å²) in [5, 5.41) is 14.8. The summed E-state index contributed by atoms with van der Waals surface area (Å²) in [6.45, 7) is 4.49. The maximum Gasteiger partial charge on any atom is 0.305 e. The van der Waals surface area contributed by atoms with Gasteiger partial charge in [-0.25, -0.2) is 0 Å². The Kier molecular flexibility index (Phi) is 7.53. The van der Waals surface area contributed by atoms with Crippen LogP contribution in [-0.4, -0.2) is 28.8 Å². The molecule has 5 nitrogen and oxygen atoms in total. The van der Waals surface area contributed by atoms with E-state index < -0.39 is 5.97 Å². The van der Waals surface area contributed by atoms with Crippen LogP contribution in [0.1, 0.15) is 33.1 Å². The van der Waals surface area contributed by atoms with E-state index >= 15 is 0 Å². The van der Waals surface area contributed by atoms with Crippen LogP contribution < -0.4 is 15.4 Å². The standard InChI is InChI=1S/C15H22N2O3S/c1-3-4-11(2)20-13-7-5-12(6-8-13)17-15(21)16-10-9-14(18)19/h5-8,11H,3-4,9-10H2,1-2H3,(H,18,19)(H2,16,17,21). The molecule has 0 amide bonds. The quantitative estimate of drug-likeness (QED) is 0.641. The SMILES string of the molecule is CCCC(C)Oc1ccc(NC(=S)NCCC(=O)O)cc1. The van der Waals surface area contributed by atoms with Crippen LogP contribution in [0.3, 0.4) is 0 Å². The van der Waals surface area contributed by atoms with Crippen molar-refractivity contribution in [1.29, 1.82) is 0 Å². The van der Waals surface area contributed by atoms with E-state index in [0.29, 0.717) is 11.7 Å². The van der Waals surface area contributed by atoms with Crippen molar-refractivity contribution in [1.82, 2.24) is 5.32 Å². The fourth-order valence-electron chi connectivity index (χ4n) is 1.77. The number of rotatable bonds is 8. The van der Waals surface area contributed by atoms with Crippen LogP contribution >= 0.6 is 12.2 Å². The Morgan fingerprint density at radius 3 is 2.62 bits per heavy atom. The summed E-state index contributed by atoms with van der Waals surface area (Å²) in [6, 6.07) is 7.51. The zero-order valence-corrected chi connectivity index (χ0v) is 13.2. The molecule has 0 aromatic heterocycles. The third-order valence-electron chi connectivity index (χ3n) is 2.77. The number of ether oxygens (including phenoxy) is 1. The zero-order valence-electron chi connectivity index (χ0n) is 12.4. The number of thiocarbonyl (C=S) groups is 1. The fraction of sp³-hybridized carbons (Fsp3) is 0.467. The highest BCUT2D eigenvalue weighted by Gasteiger charge is 2.03. The first-order chi connectivity index (χ1) is 10.0. The third-order valence-corrected chi connectivity index (χ3v) is 3.02. The van der Waals surface area contributed by atoms with E-state index in [1.807, 2.05) is 24.3 Å². The van der Waals surface area contributed by atoms with Crippen molar-refractivity contribution in [3.05, 3.63) is 24.3 Å². The first-order valence-electron chi connectivity index (χ1n) is 7.04. The Morgan fingerprint density at radius 1 is 1.38 bits per heavy atom. The molecule has 0 fully saturated rings. The maximum atomic E-state index is 10.4. The number of aliphatic carboxylic acids is 1. The fourth-order valence-corrected chi connectivity index (χ4v) is 1.99. The second-order valence-corrected chi connectivity index (χ2v) is 5.17. The minimum atomic E-state index is -0.854. The van der Waals surface area contributed by atoms with E-state index in [9.17, 15) is 4.79 Å². The van der Waals surface area contributed by atoms with Crippen LogP contribution in [-0.2, 0) is 4.79 Å². The van der Waals surface area contributed by atoms with Gasteiger partial charge >= 0.3 is 5.97 Å². The van der Waals surface area contributed by atoms with Gasteiger partial charge in [0.2, 0.25) is 0 Å². The summed E-state index contributed by atoms with van der Waals surface area (Å²) in [6.07, 6.45) is 2.35. The molecule has 0 spiro atoms. The molecule has 0 radical (unpaired) electrons. The average Bonchev–Trinajstić information content (AvgIpc) is 2.41. The number of nitrogens with one attached hydrogen (secondary N) is 2. The number of carboxylic acid groups (broad SMARTS) is 1. The first-order valence-corrected chi connectivity index (χ1v) is 7.45. The van der Waals surface area contributed by atoms with Crippen molar-refractivity contribution < 1.29 is 14.6 Å². The topological polar surface area (TPSA) is 70.6 Å². The Bertz CT molecular complexity index is 462. The Balaban J connectivity index is 2.39. The highest BCUT2D eigenvalue weighted by Crippen LogP contribution is 2.18. The molecule has 116 valence electrons. The molecule has 0 saturated carbocycles. The van der Waals surface area contributed by atoms with Gasteiger partial charge in [-0.05, 0) is 49.8 Å². The zero-order chi connectivity index (χ0) is 15.7. The molecule has 1 atom stereocenters. The van der Waals surface area contributed by atoms with Crippen molar-refractivity contribution >= 4 is 29.0 Å². The number of hydrogen-bond donors (Lipinski definition) is 3. The Labute approximate surface area is 130 Å². The molecule has 0 aliphatic carbocycles. The van der Waals surface area contributed by atoms with Crippen molar-refractivity contribution in [2.24, 2.45) is 0 Å². The molecule has 1 rings (SSSR count). The molecule has 1 aromatic carbocycles. The summed E-state index contributed by atoms with van der Waals surface area (Å²) >= 11 is 5.08. The minimum Gasteiger partial charge on any atom is -0.491 e. The van der Waals surface area contributed by atoms with E-state index in [1.165, 1.54) is 0 Å². The lowest BCUT2D eigenvalue weighted by Gasteiger charge is -2.14. The van der Waals surface area contributed by atoms with Gasteiger partial charge in [0.15, 0.2) is 5.11 Å². The molecule has 0 heterocycles. The third kappa shape index (κ3) is 7.51. The van der Waals surface area contributed by atoms with Crippen molar-refractivity contribution in [2.75, 3.05) is 11.9 Å². The predicted octanol–water partition coefficient (Wildman–Crippen LogP) is 3.02. The molecule has 6 heteroatoms. The normalized spacial score (nSPS) is 11.5. The highest BCUT2D eigenvalue weighted by molar-refractivity contribution is 7.80. The van der Waals surface area contributed by atoms with Crippen molar-refractivity contribution in [3.63, 3.8) is 0 Å². The monoisotopic (exact) mass is 310 g/mol. The van der Waals surface area contributed by atoms with Gasteiger partial charge < -0.3 is 20.5 Å².